The molecule has 0 saturated heterocycles. The number of aliphatic hydroxyl groups excluding tert-OH is 1. The van der Waals surface area contributed by atoms with E-state index in [4.69, 9.17) is 0 Å². The molecule has 2 unspecified atom stereocenters. The van der Waals surface area contributed by atoms with Crippen LogP contribution in [0.15, 0.2) is 36.8 Å². The Morgan fingerprint density at radius 1 is 1.42 bits per heavy atom. The molecule has 0 bridgehead atoms. The van der Waals surface area contributed by atoms with E-state index in [2.05, 4.69) is 33.8 Å². The van der Waals surface area contributed by atoms with Crippen LogP contribution in [0.1, 0.15) is 55.2 Å². The van der Waals surface area contributed by atoms with E-state index >= 15 is 0 Å². The van der Waals surface area contributed by atoms with Crippen molar-refractivity contribution in [1.82, 2.24) is 9.55 Å². The van der Waals surface area contributed by atoms with Gasteiger partial charge in [-0.25, -0.2) is 4.98 Å². The quantitative estimate of drug-likeness (QED) is 0.915. The number of aliphatic hydroxyl groups is 1. The van der Waals surface area contributed by atoms with Gasteiger partial charge in [-0.2, -0.15) is 0 Å². The highest BCUT2D eigenvalue weighted by Crippen LogP contribution is 2.34. The van der Waals surface area contributed by atoms with Crippen molar-refractivity contribution in [3.63, 3.8) is 0 Å². The fourth-order valence-corrected chi connectivity index (χ4v) is 3.06. The van der Waals surface area contributed by atoms with Gasteiger partial charge in [0.05, 0.1) is 30.4 Å². The standard InChI is InChI=1S/C16H20N2O/c1-2-16(19)15-10-17-11-18(15)14-9-5-7-12-6-3-4-8-13(12)14/h3-4,6,8,10-11,14,16,19H,2,5,7,9H2,1H3. The predicted molar refractivity (Wildman–Crippen MR) is 75.0 cm³/mol. The summed E-state index contributed by atoms with van der Waals surface area (Å²) >= 11 is 0. The lowest BCUT2D eigenvalue weighted by Crippen LogP contribution is -2.19. The van der Waals surface area contributed by atoms with Crippen LogP contribution in [-0.2, 0) is 6.42 Å². The lowest BCUT2D eigenvalue weighted by molar-refractivity contribution is 0.162. The maximum Gasteiger partial charge on any atom is 0.0954 e. The summed E-state index contributed by atoms with van der Waals surface area (Å²) in [6.45, 7) is 2.00. The first-order valence-electron chi connectivity index (χ1n) is 7.09. The number of fused-ring (bicyclic) bond motifs is 1. The number of hydrogen-bond donors (Lipinski definition) is 1. The van der Waals surface area contributed by atoms with Crippen molar-refractivity contribution in [2.75, 3.05) is 0 Å². The zero-order chi connectivity index (χ0) is 13.2. The molecule has 2 atom stereocenters. The van der Waals surface area contributed by atoms with Crippen LogP contribution >= 0.6 is 0 Å². The normalized spacial score (nSPS) is 20.0. The van der Waals surface area contributed by atoms with Crippen molar-refractivity contribution >= 4 is 0 Å². The van der Waals surface area contributed by atoms with Crippen molar-refractivity contribution in [2.24, 2.45) is 0 Å². The molecule has 0 aliphatic heterocycles. The molecule has 100 valence electrons. The van der Waals surface area contributed by atoms with Gasteiger partial charge in [-0.15, -0.1) is 0 Å². The molecule has 1 N–H and O–H groups in total. The van der Waals surface area contributed by atoms with Gasteiger partial charge >= 0.3 is 0 Å². The van der Waals surface area contributed by atoms with Crippen molar-refractivity contribution in [3.8, 4) is 0 Å². The maximum atomic E-state index is 10.1. The van der Waals surface area contributed by atoms with Gasteiger partial charge in [0.2, 0.25) is 0 Å². The van der Waals surface area contributed by atoms with Crippen LogP contribution in [0.4, 0.5) is 0 Å². The van der Waals surface area contributed by atoms with Crippen molar-refractivity contribution in [1.29, 1.82) is 0 Å². The third-order valence-electron chi connectivity index (χ3n) is 4.10. The Balaban J connectivity index is 2.02. The molecule has 2 aromatic rings. The number of rotatable bonds is 3. The number of nitrogens with zero attached hydrogens (tertiary/aromatic N) is 2. The molecule has 0 spiro atoms. The summed E-state index contributed by atoms with van der Waals surface area (Å²) < 4.78 is 2.16. The summed E-state index contributed by atoms with van der Waals surface area (Å²) in [6.07, 6.45) is 7.44. The Hall–Kier alpha value is -1.61. The third-order valence-corrected chi connectivity index (χ3v) is 4.10. The fraction of sp³-hybridized carbons (Fsp3) is 0.438. The average molecular weight is 256 g/mol. The minimum atomic E-state index is -0.420. The Bertz CT molecular complexity index is 561. The Labute approximate surface area is 113 Å². The number of benzene rings is 1. The highest BCUT2D eigenvalue weighted by molar-refractivity contribution is 5.33. The molecule has 1 aromatic heterocycles. The minimum absolute atomic E-state index is 0.323. The summed E-state index contributed by atoms with van der Waals surface area (Å²) in [5, 5.41) is 10.1. The minimum Gasteiger partial charge on any atom is -0.387 e. The lowest BCUT2D eigenvalue weighted by atomic mass is 9.87. The summed E-state index contributed by atoms with van der Waals surface area (Å²) in [4.78, 5) is 4.24. The van der Waals surface area contributed by atoms with E-state index in [1.165, 1.54) is 17.5 Å². The van der Waals surface area contributed by atoms with Gasteiger partial charge in [-0.3, -0.25) is 0 Å². The van der Waals surface area contributed by atoms with Crippen molar-refractivity contribution < 1.29 is 5.11 Å². The van der Waals surface area contributed by atoms with Gasteiger partial charge in [0.1, 0.15) is 0 Å². The first-order chi connectivity index (χ1) is 9.31. The molecular weight excluding hydrogens is 236 g/mol. The largest absolute Gasteiger partial charge is 0.387 e. The van der Waals surface area contributed by atoms with Gasteiger partial charge in [0.15, 0.2) is 0 Å². The highest BCUT2D eigenvalue weighted by atomic mass is 16.3. The Morgan fingerprint density at radius 3 is 3.11 bits per heavy atom. The molecule has 0 amide bonds. The molecule has 1 heterocycles. The molecular formula is C16H20N2O. The molecule has 19 heavy (non-hydrogen) atoms. The molecule has 0 fully saturated rings. The second-order valence-electron chi connectivity index (χ2n) is 5.26. The molecule has 3 heteroatoms. The summed E-state index contributed by atoms with van der Waals surface area (Å²) in [6, 6.07) is 8.96. The zero-order valence-electron chi connectivity index (χ0n) is 11.3. The SMILES string of the molecule is CCC(O)c1cncn1C1CCCc2ccccc21. The van der Waals surface area contributed by atoms with E-state index in [9.17, 15) is 5.11 Å². The summed E-state index contributed by atoms with van der Waals surface area (Å²) in [5.74, 6) is 0. The van der Waals surface area contributed by atoms with Gasteiger partial charge < -0.3 is 9.67 Å². The zero-order valence-corrected chi connectivity index (χ0v) is 11.3. The third kappa shape index (κ3) is 2.19. The smallest absolute Gasteiger partial charge is 0.0954 e. The van der Waals surface area contributed by atoms with Crippen molar-refractivity contribution in [3.05, 3.63) is 53.6 Å². The predicted octanol–water partition coefficient (Wildman–Crippen LogP) is 3.25. The highest BCUT2D eigenvalue weighted by Gasteiger charge is 2.24. The van der Waals surface area contributed by atoms with Crippen LogP contribution in [0.25, 0.3) is 0 Å². The number of aryl methyl sites for hydroxylation is 1. The molecule has 1 aromatic carbocycles. The Kier molecular flexibility index (Phi) is 3.38. The maximum absolute atomic E-state index is 10.1. The van der Waals surface area contributed by atoms with Crippen LogP contribution in [0.3, 0.4) is 0 Å². The molecule has 3 rings (SSSR count). The first kappa shape index (κ1) is 12.4. The van der Waals surface area contributed by atoms with Crippen LogP contribution in [0, 0.1) is 0 Å². The van der Waals surface area contributed by atoms with E-state index in [-0.39, 0.29) is 0 Å². The Morgan fingerprint density at radius 2 is 2.26 bits per heavy atom. The monoisotopic (exact) mass is 256 g/mol. The topological polar surface area (TPSA) is 38.1 Å². The van der Waals surface area contributed by atoms with E-state index in [1.54, 1.807) is 6.20 Å². The number of imidazole rings is 1. The molecule has 1 aliphatic carbocycles. The van der Waals surface area contributed by atoms with E-state index in [0.717, 1.165) is 25.0 Å². The first-order valence-corrected chi connectivity index (χ1v) is 7.09. The lowest BCUT2D eigenvalue weighted by Gasteiger charge is -2.28. The van der Waals surface area contributed by atoms with Crippen LogP contribution in [0.2, 0.25) is 0 Å². The molecule has 1 aliphatic rings. The van der Waals surface area contributed by atoms with Crippen LogP contribution < -0.4 is 0 Å². The van der Waals surface area contributed by atoms with Crippen LogP contribution in [0.5, 0.6) is 0 Å². The van der Waals surface area contributed by atoms with Crippen LogP contribution in [-0.4, -0.2) is 14.7 Å². The summed E-state index contributed by atoms with van der Waals surface area (Å²) in [7, 11) is 0. The van der Waals surface area contributed by atoms with Gasteiger partial charge in [-0.1, -0.05) is 31.2 Å². The molecule has 0 radical (unpaired) electrons. The fourth-order valence-electron chi connectivity index (χ4n) is 3.06. The van der Waals surface area contributed by atoms with Gasteiger partial charge in [-0.05, 0) is 36.8 Å². The molecule has 0 saturated carbocycles. The number of hydrogen-bond acceptors (Lipinski definition) is 2. The second kappa shape index (κ2) is 5.17. The van der Waals surface area contributed by atoms with Gasteiger partial charge in [0, 0.05) is 0 Å². The summed E-state index contributed by atoms with van der Waals surface area (Å²) in [5.41, 5.74) is 3.75. The van der Waals surface area contributed by atoms with E-state index in [0.29, 0.717) is 6.04 Å². The second-order valence-corrected chi connectivity index (χ2v) is 5.26. The van der Waals surface area contributed by atoms with E-state index < -0.39 is 6.10 Å². The number of aromatic nitrogens is 2. The van der Waals surface area contributed by atoms with E-state index in [1.807, 2.05) is 13.3 Å². The van der Waals surface area contributed by atoms with Gasteiger partial charge in [0.25, 0.3) is 0 Å². The molecule has 3 nitrogen and oxygen atoms in total. The average Bonchev–Trinajstić information content (AvgIpc) is 2.95. The van der Waals surface area contributed by atoms with Crippen molar-refractivity contribution in [2.45, 2.75) is 44.8 Å².